The zero-order chi connectivity index (χ0) is 16.2. The lowest BCUT2D eigenvalue weighted by Gasteiger charge is -2.17. The first kappa shape index (κ1) is 13.7. The van der Waals surface area contributed by atoms with Crippen LogP contribution >= 0.6 is 0 Å². The summed E-state index contributed by atoms with van der Waals surface area (Å²) in [7, 11) is -3.70. The SMILES string of the molecule is O=C(O)c1nn(-c2ccccc2)c2c1CS(=O)(=O)c1nccn1-2. The quantitative estimate of drug-likeness (QED) is 0.752. The van der Waals surface area contributed by atoms with E-state index in [0.29, 0.717) is 11.5 Å². The molecule has 1 N–H and O–H groups in total. The minimum absolute atomic E-state index is 0.112. The molecule has 1 aromatic carbocycles. The van der Waals surface area contributed by atoms with Gasteiger partial charge in [-0.05, 0) is 12.1 Å². The molecule has 3 heterocycles. The van der Waals surface area contributed by atoms with Crippen LogP contribution in [0.2, 0.25) is 0 Å². The highest BCUT2D eigenvalue weighted by molar-refractivity contribution is 7.90. The summed E-state index contributed by atoms with van der Waals surface area (Å²) in [5.41, 5.74) is 0.522. The van der Waals surface area contributed by atoms with Crippen LogP contribution in [0.15, 0.2) is 47.9 Å². The van der Waals surface area contributed by atoms with Gasteiger partial charge in [0.05, 0.1) is 11.4 Å². The van der Waals surface area contributed by atoms with Crippen molar-refractivity contribution in [3.05, 3.63) is 54.0 Å². The van der Waals surface area contributed by atoms with Gasteiger partial charge in [0.15, 0.2) is 5.69 Å². The summed E-state index contributed by atoms with van der Waals surface area (Å²) in [6, 6.07) is 8.93. The number of benzene rings is 1. The standard InChI is InChI=1S/C14H10N4O4S/c19-13(20)11-10-8-23(21,22)14-15-6-7-17(14)12(10)18(16-11)9-4-2-1-3-5-9/h1-7H,8H2,(H,19,20). The molecule has 0 unspecified atom stereocenters. The van der Waals surface area contributed by atoms with Gasteiger partial charge in [0.1, 0.15) is 5.82 Å². The van der Waals surface area contributed by atoms with Crippen molar-refractivity contribution < 1.29 is 18.3 Å². The number of nitrogens with zero attached hydrogens (tertiary/aromatic N) is 4. The van der Waals surface area contributed by atoms with E-state index in [1.807, 2.05) is 6.07 Å². The van der Waals surface area contributed by atoms with Crippen molar-refractivity contribution in [2.75, 3.05) is 0 Å². The molecule has 0 spiro atoms. The predicted octanol–water partition coefficient (Wildman–Crippen LogP) is 1.04. The molecule has 0 aliphatic carbocycles. The molecule has 0 atom stereocenters. The average Bonchev–Trinajstić information content (AvgIpc) is 3.12. The Morgan fingerprint density at radius 3 is 2.65 bits per heavy atom. The fourth-order valence-electron chi connectivity index (χ4n) is 2.68. The first-order chi connectivity index (χ1) is 11.0. The lowest BCUT2D eigenvalue weighted by atomic mass is 10.2. The summed E-state index contributed by atoms with van der Waals surface area (Å²) < 4.78 is 27.4. The minimum atomic E-state index is -3.70. The van der Waals surface area contributed by atoms with E-state index in [1.165, 1.54) is 21.6 Å². The smallest absolute Gasteiger partial charge is 0.356 e. The second kappa shape index (κ2) is 4.53. The fraction of sp³-hybridized carbons (Fsp3) is 0.0714. The number of rotatable bonds is 2. The Morgan fingerprint density at radius 2 is 1.96 bits per heavy atom. The van der Waals surface area contributed by atoms with Crippen molar-refractivity contribution in [3.63, 3.8) is 0 Å². The maximum Gasteiger partial charge on any atom is 0.356 e. The van der Waals surface area contributed by atoms with Gasteiger partial charge in [0, 0.05) is 18.0 Å². The van der Waals surface area contributed by atoms with Gasteiger partial charge < -0.3 is 5.11 Å². The highest BCUT2D eigenvalue weighted by atomic mass is 32.2. The van der Waals surface area contributed by atoms with Gasteiger partial charge in [-0.25, -0.2) is 22.9 Å². The molecule has 8 nitrogen and oxygen atoms in total. The predicted molar refractivity (Wildman–Crippen MR) is 78.5 cm³/mol. The summed E-state index contributed by atoms with van der Waals surface area (Å²) >= 11 is 0. The van der Waals surface area contributed by atoms with Crippen LogP contribution in [0.3, 0.4) is 0 Å². The number of imidazole rings is 1. The van der Waals surface area contributed by atoms with Gasteiger partial charge >= 0.3 is 5.97 Å². The number of aromatic carboxylic acids is 1. The number of hydrogen-bond donors (Lipinski definition) is 1. The topological polar surface area (TPSA) is 107 Å². The van der Waals surface area contributed by atoms with Crippen LogP contribution in [-0.4, -0.2) is 38.8 Å². The molecule has 2 aromatic heterocycles. The molecule has 0 amide bonds. The number of aromatic nitrogens is 4. The number of fused-ring (bicyclic) bond motifs is 3. The molecule has 23 heavy (non-hydrogen) atoms. The Morgan fingerprint density at radius 1 is 1.22 bits per heavy atom. The zero-order valence-corrected chi connectivity index (χ0v) is 12.4. The second-order valence-electron chi connectivity index (χ2n) is 5.04. The van der Waals surface area contributed by atoms with Crippen molar-refractivity contribution >= 4 is 15.8 Å². The van der Waals surface area contributed by atoms with Crippen LogP contribution in [0.4, 0.5) is 0 Å². The van der Waals surface area contributed by atoms with Crippen LogP contribution in [-0.2, 0) is 15.6 Å². The van der Waals surface area contributed by atoms with Gasteiger partial charge in [0.2, 0.25) is 15.0 Å². The molecule has 0 saturated heterocycles. The molecule has 0 fully saturated rings. The number of carboxylic acids is 1. The Balaban J connectivity index is 2.10. The minimum Gasteiger partial charge on any atom is -0.476 e. The van der Waals surface area contributed by atoms with Gasteiger partial charge in [0.25, 0.3) is 0 Å². The van der Waals surface area contributed by atoms with Crippen molar-refractivity contribution in [1.82, 2.24) is 19.3 Å². The van der Waals surface area contributed by atoms with Crippen LogP contribution in [0.1, 0.15) is 16.1 Å². The summed E-state index contributed by atoms with van der Waals surface area (Å²) in [5.74, 6) is -1.32. The van der Waals surface area contributed by atoms with Crippen LogP contribution < -0.4 is 0 Å². The number of carboxylic acid groups (broad SMARTS) is 1. The van der Waals surface area contributed by atoms with Crippen LogP contribution in [0.5, 0.6) is 0 Å². The molecule has 4 rings (SSSR count). The molecule has 1 aliphatic rings. The second-order valence-corrected chi connectivity index (χ2v) is 6.93. The highest BCUT2D eigenvalue weighted by Gasteiger charge is 2.36. The molecular weight excluding hydrogens is 320 g/mol. The average molecular weight is 330 g/mol. The highest BCUT2D eigenvalue weighted by Crippen LogP contribution is 2.32. The summed E-state index contributed by atoms with van der Waals surface area (Å²) in [6.07, 6.45) is 2.85. The largest absolute Gasteiger partial charge is 0.476 e. The van der Waals surface area contributed by atoms with Crippen LogP contribution in [0, 0.1) is 0 Å². The zero-order valence-electron chi connectivity index (χ0n) is 11.6. The van der Waals surface area contributed by atoms with E-state index in [-0.39, 0.29) is 16.4 Å². The first-order valence-corrected chi connectivity index (χ1v) is 8.31. The third kappa shape index (κ3) is 1.90. The first-order valence-electron chi connectivity index (χ1n) is 6.66. The van der Waals surface area contributed by atoms with Crippen molar-refractivity contribution in [2.45, 2.75) is 10.9 Å². The maximum absolute atomic E-state index is 12.3. The molecule has 116 valence electrons. The van der Waals surface area contributed by atoms with E-state index in [2.05, 4.69) is 10.1 Å². The van der Waals surface area contributed by atoms with Gasteiger partial charge in [-0.15, -0.1) is 0 Å². The Hall–Kier alpha value is -2.94. The molecule has 0 bridgehead atoms. The number of carbonyl (C=O) groups is 1. The third-order valence-electron chi connectivity index (χ3n) is 3.61. The van der Waals surface area contributed by atoms with Crippen LogP contribution in [0.25, 0.3) is 11.5 Å². The Labute approximate surface area is 130 Å². The van der Waals surface area contributed by atoms with E-state index < -0.39 is 21.6 Å². The lowest BCUT2D eigenvalue weighted by molar-refractivity contribution is 0.0689. The van der Waals surface area contributed by atoms with Crippen molar-refractivity contribution in [3.8, 4) is 11.5 Å². The van der Waals surface area contributed by atoms with Gasteiger partial charge in [-0.1, -0.05) is 18.2 Å². The molecule has 9 heteroatoms. The molecule has 0 saturated carbocycles. The van der Waals surface area contributed by atoms with E-state index in [1.54, 1.807) is 24.3 Å². The molecule has 0 radical (unpaired) electrons. The van der Waals surface area contributed by atoms with E-state index in [0.717, 1.165) is 0 Å². The molecule has 1 aliphatic heterocycles. The van der Waals surface area contributed by atoms with E-state index in [4.69, 9.17) is 0 Å². The van der Waals surface area contributed by atoms with Gasteiger partial charge in [-0.3, -0.25) is 4.57 Å². The monoisotopic (exact) mass is 330 g/mol. The van der Waals surface area contributed by atoms with E-state index in [9.17, 15) is 18.3 Å². The maximum atomic E-state index is 12.3. The Kier molecular flexibility index (Phi) is 2.70. The lowest BCUT2D eigenvalue weighted by Crippen LogP contribution is -2.21. The summed E-state index contributed by atoms with van der Waals surface area (Å²) in [5, 5.41) is 13.4. The number of hydrogen-bond acceptors (Lipinski definition) is 5. The third-order valence-corrected chi connectivity index (χ3v) is 5.13. The van der Waals surface area contributed by atoms with Gasteiger partial charge in [-0.2, -0.15) is 5.10 Å². The van der Waals surface area contributed by atoms with Crippen molar-refractivity contribution in [2.24, 2.45) is 0 Å². The number of para-hydroxylation sites is 1. The Bertz CT molecular complexity index is 1030. The fourth-order valence-corrected chi connectivity index (χ4v) is 4.12. The number of sulfone groups is 1. The van der Waals surface area contributed by atoms with E-state index >= 15 is 0 Å². The normalized spacial score (nSPS) is 15.0. The molecule has 3 aromatic rings. The summed E-state index contributed by atoms with van der Waals surface area (Å²) in [6.45, 7) is 0. The molecular formula is C14H10N4O4S. The summed E-state index contributed by atoms with van der Waals surface area (Å²) in [4.78, 5) is 15.4. The van der Waals surface area contributed by atoms with Crippen molar-refractivity contribution in [1.29, 1.82) is 0 Å².